The highest BCUT2D eigenvalue weighted by atomic mass is 32.1. The van der Waals surface area contributed by atoms with Crippen LogP contribution in [0.5, 0.6) is 0 Å². The van der Waals surface area contributed by atoms with Gasteiger partial charge in [0.15, 0.2) is 5.13 Å². The van der Waals surface area contributed by atoms with Crippen molar-refractivity contribution in [3.63, 3.8) is 0 Å². The number of rotatable bonds is 3. The van der Waals surface area contributed by atoms with E-state index in [0.29, 0.717) is 12.0 Å². The summed E-state index contributed by atoms with van der Waals surface area (Å²) in [6.07, 6.45) is 1.62. The second-order valence-corrected chi connectivity index (χ2v) is 7.69. The molecular formula is C15H24N2O2S. The van der Waals surface area contributed by atoms with Crippen molar-refractivity contribution >= 4 is 22.4 Å². The molecule has 0 aliphatic heterocycles. The Morgan fingerprint density at radius 2 is 2.05 bits per heavy atom. The Labute approximate surface area is 124 Å². The predicted octanol–water partition coefficient (Wildman–Crippen LogP) is 3.70. The first-order chi connectivity index (χ1) is 9.23. The van der Waals surface area contributed by atoms with Crippen molar-refractivity contribution in [2.24, 2.45) is 17.3 Å². The lowest BCUT2D eigenvalue weighted by Crippen LogP contribution is -2.48. The fraction of sp³-hybridized carbons (Fsp3) is 0.733. The minimum absolute atomic E-state index is 0.205. The van der Waals surface area contributed by atoms with Gasteiger partial charge in [-0.05, 0) is 38.0 Å². The summed E-state index contributed by atoms with van der Waals surface area (Å²) < 4.78 is 0. The number of carbonyl (C=O) groups is 1. The summed E-state index contributed by atoms with van der Waals surface area (Å²) in [6.45, 7) is 10.4. The number of carboxylic acids is 1. The van der Waals surface area contributed by atoms with Crippen LogP contribution in [0.1, 0.15) is 44.2 Å². The Morgan fingerprint density at radius 1 is 1.40 bits per heavy atom. The summed E-state index contributed by atoms with van der Waals surface area (Å²) in [5.74, 6) is -0.626. The average molecular weight is 296 g/mol. The number of nitrogens with one attached hydrogen (secondary N) is 1. The summed E-state index contributed by atoms with van der Waals surface area (Å²) in [7, 11) is 0. The molecule has 3 atom stereocenters. The third-order valence-corrected chi connectivity index (χ3v) is 6.08. The summed E-state index contributed by atoms with van der Waals surface area (Å²) in [6, 6.07) is 0.297. The van der Waals surface area contributed by atoms with Gasteiger partial charge in [-0.2, -0.15) is 0 Å². The van der Waals surface area contributed by atoms with Crippen LogP contribution in [-0.4, -0.2) is 22.1 Å². The highest BCUT2D eigenvalue weighted by Crippen LogP contribution is 2.46. The van der Waals surface area contributed by atoms with Crippen LogP contribution in [-0.2, 0) is 4.79 Å². The van der Waals surface area contributed by atoms with Crippen molar-refractivity contribution in [3.8, 4) is 0 Å². The standard InChI is InChI=1S/C15H24N2O2S/c1-8-12(17-14-16-9(2)10(3)20-14)7-6-11(13(18)19)15(8,4)5/h8,11-12H,6-7H2,1-5H3,(H,16,17)(H,18,19). The molecule has 1 aromatic rings. The quantitative estimate of drug-likeness (QED) is 0.893. The minimum atomic E-state index is -0.666. The van der Waals surface area contributed by atoms with E-state index in [1.165, 1.54) is 4.88 Å². The number of aryl methyl sites for hydroxylation is 2. The van der Waals surface area contributed by atoms with Crippen LogP contribution >= 0.6 is 11.3 Å². The highest BCUT2D eigenvalue weighted by molar-refractivity contribution is 7.15. The van der Waals surface area contributed by atoms with Gasteiger partial charge in [0.25, 0.3) is 0 Å². The molecule has 0 saturated heterocycles. The van der Waals surface area contributed by atoms with Crippen molar-refractivity contribution in [3.05, 3.63) is 10.6 Å². The van der Waals surface area contributed by atoms with Crippen LogP contribution in [0.4, 0.5) is 5.13 Å². The average Bonchev–Trinajstić information content (AvgIpc) is 2.64. The molecule has 0 bridgehead atoms. The fourth-order valence-corrected chi connectivity index (χ4v) is 4.01. The highest BCUT2D eigenvalue weighted by Gasteiger charge is 2.46. The number of thiazole rings is 1. The first kappa shape index (κ1) is 15.3. The van der Waals surface area contributed by atoms with Gasteiger partial charge in [0.05, 0.1) is 11.6 Å². The summed E-state index contributed by atoms with van der Waals surface area (Å²) in [5, 5.41) is 13.9. The lowest BCUT2D eigenvalue weighted by molar-refractivity contribution is -0.149. The summed E-state index contributed by atoms with van der Waals surface area (Å²) >= 11 is 1.68. The van der Waals surface area contributed by atoms with E-state index in [1.807, 2.05) is 6.92 Å². The first-order valence-electron chi connectivity index (χ1n) is 7.17. The topological polar surface area (TPSA) is 62.2 Å². The van der Waals surface area contributed by atoms with Crippen LogP contribution in [0.15, 0.2) is 0 Å². The minimum Gasteiger partial charge on any atom is -0.481 e. The molecule has 0 amide bonds. The van der Waals surface area contributed by atoms with E-state index in [-0.39, 0.29) is 11.3 Å². The normalized spacial score (nSPS) is 29.1. The number of hydrogen-bond donors (Lipinski definition) is 2. The third kappa shape index (κ3) is 2.68. The molecule has 112 valence electrons. The zero-order valence-electron chi connectivity index (χ0n) is 12.9. The maximum Gasteiger partial charge on any atom is 0.307 e. The van der Waals surface area contributed by atoms with Gasteiger partial charge in [0, 0.05) is 10.9 Å². The van der Waals surface area contributed by atoms with Crippen molar-refractivity contribution in [1.82, 2.24) is 4.98 Å². The Balaban J connectivity index is 2.13. The lowest BCUT2D eigenvalue weighted by atomic mass is 9.61. The molecule has 1 fully saturated rings. The van der Waals surface area contributed by atoms with E-state index < -0.39 is 5.97 Å². The Kier molecular flexibility index (Phi) is 4.09. The number of nitrogens with zero attached hydrogens (tertiary/aromatic N) is 1. The number of hydrogen-bond acceptors (Lipinski definition) is 4. The number of carboxylic acid groups (broad SMARTS) is 1. The Hall–Kier alpha value is -1.10. The molecule has 2 rings (SSSR count). The van der Waals surface area contributed by atoms with Crippen molar-refractivity contribution in [1.29, 1.82) is 0 Å². The van der Waals surface area contributed by atoms with E-state index in [0.717, 1.165) is 23.7 Å². The van der Waals surface area contributed by atoms with Crippen LogP contribution in [0.3, 0.4) is 0 Å². The molecule has 1 aliphatic rings. The van der Waals surface area contributed by atoms with E-state index in [9.17, 15) is 9.90 Å². The fourth-order valence-electron chi connectivity index (χ4n) is 3.14. The van der Waals surface area contributed by atoms with Crippen LogP contribution in [0, 0.1) is 31.1 Å². The SMILES string of the molecule is Cc1nc(NC2CCC(C(=O)O)C(C)(C)C2C)sc1C. The summed E-state index contributed by atoms with van der Waals surface area (Å²) in [5.41, 5.74) is 0.868. The smallest absolute Gasteiger partial charge is 0.307 e. The molecule has 1 heterocycles. The molecule has 20 heavy (non-hydrogen) atoms. The monoisotopic (exact) mass is 296 g/mol. The molecule has 3 unspecified atom stereocenters. The Morgan fingerprint density at radius 3 is 2.55 bits per heavy atom. The molecule has 2 N–H and O–H groups in total. The Bertz CT molecular complexity index is 490. The molecule has 1 aliphatic carbocycles. The largest absolute Gasteiger partial charge is 0.481 e. The zero-order chi connectivity index (χ0) is 15.1. The molecule has 1 aromatic heterocycles. The van der Waals surface area contributed by atoms with Gasteiger partial charge in [-0.25, -0.2) is 4.98 Å². The van der Waals surface area contributed by atoms with Gasteiger partial charge in [-0.3, -0.25) is 4.79 Å². The predicted molar refractivity (Wildman–Crippen MR) is 82.3 cm³/mol. The van der Waals surface area contributed by atoms with Gasteiger partial charge >= 0.3 is 5.97 Å². The van der Waals surface area contributed by atoms with Crippen molar-refractivity contribution in [2.75, 3.05) is 5.32 Å². The molecular weight excluding hydrogens is 272 g/mol. The molecule has 0 spiro atoms. The molecule has 1 saturated carbocycles. The van der Waals surface area contributed by atoms with Gasteiger partial charge < -0.3 is 10.4 Å². The molecule has 0 radical (unpaired) electrons. The molecule has 5 heteroatoms. The van der Waals surface area contributed by atoms with Gasteiger partial charge in [0.1, 0.15) is 0 Å². The van der Waals surface area contributed by atoms with Crippen LogP contribution in [0.2, 0.25) is 0 Å². The van der Waals surface area contributed by atoms with E-state index in [4.69, 9.17) is 0 Å². The van der Waals surface area contributed by atoms with E-state index in [1.54, 1.807) is 11.3 Å². The second kappa shape index (κ2) is 5.35. The van der Waals surface area contributed by atoms with Gasteiger partial charge in [-0.15, -0.1) is 11.3 Å². The lowest BCUT2D eigenvalue weighted by Gasteiger charge is -2.46. The number of anilines is 1. The van der Waals surface area contributed by atoms with Gasteiger partial charge in [0.2, 0.25) is 0 Å². The maximum absolute atomic E-state index is 11.4. The van der Waals surface area contributed by atoms with Gasteiger partial charge in [-0.1, -0.05) is 20.8 Å². The number of aromatic nitrogens is 1. The van der Waals surface area contributed by atoms with Crippen molar-refractivity contribution in [2.45, 2.75) is 53.5 Å². The summed E-state index contributed by atoms with van der Waals surface area (Å²) in [4.78, 5) is 17.2. The van der Waals surface area contributed by atoms with E-state index in [2.05, 4.69) is 38.0 Å². The molecule has 4 nitrogen and oxygen atoms in total. The molecule has 0 aromatic carbocycles. The van der Waals surface area contributed by atoms with Crippen molar-refractivity contribution < 1.29 is 9.90 Å². The third-order valence-electron chi connectivity index (χ3n) is 5.08. The van der Waals surface area contributed by atoms with Crippen LogP contribution in [0.25, 0.3) is 0 Å². The first-order valence-corrected chi connectivity index (χ1v) is 7.98. The zero-order valence-corrected chi connectivity index (χ0v) is 13.7. The number of aliphatic carboxylic acids is 1. The second-order valence-electron chi connectivity index (χ2n) is 6.49. The maximum atomic E-state index is 11.4. The van der Waals surface area contributed by atoms with E-state index >= 15 is 0 Å². The van der Waals surface area contributed by atoms with Crippen LogP contribution < -0.4 is 5.32 Å².